The van der Waals surface area contributed by atoms with Crippen LogP contribution < -0.4 is 10.6 Å². The fraction of sp³-hybridized carbons (Fsp3) is 0.611. The number of nitrogens with one attached hydrogen (secondary N) is 2. The van der Waals surface area contributed by atoms with Crippen molar-refractivity contribution in [3.63, 3.8) is 0 Å². The van der Waals surface area contributed by atoms with Crippen LogP contribution in [-0.4, -0.2) is 25.0 Å². The van der Waals surface area contributed by atoms with Crippen molar-refractivity contribution in [1.82, 2.24) is 10.6 Å². The third kappa shape index (κ3) is 5.50. The number of amides is 1. The van der Waals surface area contributed by atoms with Crippen LogP contribution in [-0.2, 0) is 11.2 Å². The number of benzene rings is 1. The lowest BCUT2D eigenvalue weighted by molar-refractivity contribution is -0.123. The minimum Gasteiger partial charge on any atom is -0.354 e. The second-order valence-corrected chi connectivity index (χ2v) is 6.87. The predicted molar refractivity (Wildman–Crippen MR) is 87.2 cm³/mol. The zero-order valence-corrected chi connectivity index (χ0v) is 13.3. The van der Waals surface area contributed by atoms with Gasteiger partial charge in [-0.15, -0.1) is 0 Å². The molecule has 1 aliphatic heterocycles. The van der Waals surface area contributed by atoms with Gasteiger partial charge in [-0.3, -0.25) is 4.79 Å². The number of aryl methyl sites for hydroxylation is 1. The summed E-state index contributed by atoms with van der Waals surface area (Å²) in [7, 11) is 0. The molecule has 1 amide bonds. The van der Waals surface area contributed by atoms with Gasteiger partial charge in [0.05, 0.1) is 6.04 Å². The van der Waals surface area contributed by atoms with Gasteiger partial charge in [0.2, 0.25) is 5.91 Å². The van der Waals surface area contributed by atoms with Crippen LogP contribution >= 0.6 is 0 Å². The summed E-state index contributed by atoms with van der Waals surface area (Å²) in [6.07, 6.45) is 5.48. The third-order valence-corrected chi connectivity index (χ3v) is 4.28. The minimum absolute atomic E-state index is 0.0325. The van der Waals surface area contributed by atoms with E-state index in [2.05, 4.69) is 54.8 Å². The van der Waals surface area contributed by atoms with Gasteiger partial charge < -0.3 is 10.6 Å². The molecule has 0 spiro atoms. The first-order chi connectivity index (χ1) is 10.1. The van der Waals surface area contributed by atoms with E-state index in [9.17, 15) is 4.79 Å². The van der Waals surface area contributed by atoms with Crippen molar-refractivity contribution < 1.29 is 4.79 Å². The molecule has 1 aliphatic rings. The molecule has 1 unspecified atom stereocenters. The molecule has 2 N–H and O–H groups in total. The summed E-state index contributed by atoms with van der Waals surface area (Å²) in [6.45, 7) is 6.21. The van der Waals surface area contributed by atoms with Gasteiger partial charge in [-0.25, -0.2) is 0 Å². The molecular formula is C18H28N2O. The number of hydrogen-bond donors (Lipinski definition) is 2. The first kappa shape index (κ1) is 16.0. The molecule has 2 rings (SSSR count). The Morgan fingerprint density at radius 3 is 2.76 bits per heavy atom. The molecule has 21 heavy (non-hydrogen) atoms. The van der Waals surface area contributed by atoms with Crippen LogP contribution in [0.2, 0.25) is 0 Å². The van der Waals surface area contributed by atoms with Crippen LogP contribution in [0.15, 0.2) is 30.3 Å². The largest absolute Gasteiger partial charge is 0.354 e. The smallest absolute Gasteiger partial charge is 0.237 e. The lowest BCUT2D eigenvalue weighted by Crippen LogP contribution is -2.43. The molecule has 0 radical (unpaired) electrons. The molecule has 1 fully saturated rings. The number of carbonyl (C=O) groups is 1. The van der Waals surface area contributed by atoms with Crippen molar-refractivity contribution in [2.45, 2.75) is 52.0 Å². The zero-order chi connectivity index (χ0) is 15.1. The molecule has 3 nitrogen and oxygen atoms in total. The maximum atomic E-state index is 12.0. The lowest BCUT2D eigenvalue weighted by atomic mass is 9.86. The molecule has 0 aliphatic carbocycles. The minimum atomic E-state index is 0.0325. The fourth-order valence-electron chi connectivity index (χ4n) is 2.86. The summed E-state index contributed by atoms with van der Waals surface area (Å²) >= 11 is 0. The van der Waals surface area contributed by atoms with Crippen molar-refractivity contribution in [3.05, 3.63) is 35.9 Å². The van der Waals surface area contributed by atoms with Crippen molar-refractivity contribution in [1.29, 1.82) is 0 Å². The zero-order valence-electron chi connectivity index (χ0n) is 13.3. The highest BCUT2D eigenvalue weighted by molar-refractivity contribution is 5.82. The first-order valence-corrected chi connectivity index (χ1v) is 8.12. The quantitative estimate of drug-likeness (QED) is 0.810. The summed E-state index contributed by atoms with van der Waals surface area (Å²) < 4.78 is 0. The van der Waals surface area contributed by atoms with E-state index >= 15 is 0 Å². The van der Waals surface area contributed by atoms with Crippen molar-refractivity contribution in [2.75, 3.05) is 13.1 Å². The average Bonchev–Trinajstić information content (AvgIpc) is 3.00. The Hall–Kier alpha value is -1.35. The van der Waals surface area contributed by atoms with Gasteiger partial charge in [0.25, 0.3) is 0 Å². The Morgan fingerprint density at radius 2 is 2.10 bits per heavy atom. The first-order valence-electron chi connectivity index (χ1n) is 8.12. The van der Waals surface area contributed by atoms with Crippen LogP contribution in [0.1, 0.15) is 45.1 Å². The van der Waals surface area contributed by atoms with Crippen LogP contribution in [0.5, 0.6) is 0 Å². The summed E-state index contributed by atoms with van der Waals surface area (Å²) in [6, 6.07) is 10.6. The van der Waals surface area contributed by atoms with E-state index < -0.39 is 0 Å². The van der Waals surface area contributed by atoms with Crippen LogP contribution in [0.25, 0.3) is 0 Å². The van der Waals surface area contributed by atoms with Gasteiger partial charge in [-0.1, -0.05) is 44.2 Å². The highest BCUT2D eigenvalue weighted by Gasteiger charge is 2.24. The van der Waals surface area contributed by atoms with Crippen LogP contribution in [0, 0.1) is 5.41 Å². The van der Waals surface area contributed by atoms with E-state index in [1.165, 1.54) is 5.56 Å². The van der Waals surface area contributed by atoms with Gasteiger partial charge in [-0.2, -0.15) is 0 Å². The third-order valence-electron chi connectivity index (χ3n) is 4.28. The molecule has 1 aromatic rings. The molecule has 0 saturated carbocycles. The molecule has 1 atom stereocenters. The standard InChI is InChI=1S/C18H28N2O/c1-18(2,12-6-10-15-8-4-3-5-9-15)14-20-17(21)16-11-7-13-19-16/h3-5,8-9,16,19H,6-7,10-14H2,1-2H3,(H,20,21). The van der Waals surface area contributed by atoms with Crippen LogP contribution in [0.4, 0.5) is 0 Å². The SMILES string of the molecule is CC(C)(CCCc1ccccc1)CNC(=O)C1CCCN1. The van der Waals surface area contributed by atoms with Gasteiger partial charge >= 0.3 is 0 Å². The van der Waals surface area contributed by atoms with Gasteiger partial charge in [0, 0.05) is 6.54 Å². The molecule has 116 valence electrons. The number of hydrogen-bond acceptors (Lipinski definition) is 2. The Bertz CT molecular complexity index is 436. The molecule has 1 aromatic carbocycles. The highest BCUT2D eigenvalue weighted by atomic mass is 16.2. The Balaban J connectivity index is 1.67. The Morgan fingerprint density at radius 1 is 1.33 bits per heavy atom. The fourth-order valence-corrected chi connectivity index (χ4v) is 2.86. The number of carbonyl (C=O) groups excluding carboxylic acids is 1. The second-order valence-electron chi connectivity index (χ2n) is 6.87. The summed E-state index contributed by atoms with van der Waals surface area (Å²) in [5.41, 5.74) is 1.55. The lowest BCUT2D eigenvalue weighted by Gasteiger charge is -2.26. The molecule has 0 aromatic heterocycles. The summed E-state index contributed by atoms with van der Waals surface area (Å²) in [5.74, 6) is 0.170. The maximum absolute atomic E-state index is 12.0. The molecule has 1 saturated heterocycles. The molecule has 1 heterocycles. The topological polar surface area (TPSA) is 41.1 Å². The summed E-state index contributed by atoms with van der Waals surface area (Å²) in [5, 5.41) is 6.36. The van der Waals surface area contributed by atoms with E-state index in [0.29, 0.717) is 0 Å². The van der Waals surface area contributed by atoms with E-state index in [1.807, 2.05) is 0 Å². The van der Waals surface area contributed by atoms with Gasteiger partial charge in [-0.05, 0) is 49.6 Å². The maximum Gasteiger partial charge on any atom is 0.237 e. The molecule has 3 heteroatoms. The highest BCUT2D eigenvalue weighted by Crippen LogP contribution is 2.22. The molecule has 0 bridgehead atoms. The van der Waals surface area contributed by atoms with Crippen molar-refractivity contribution in [2.24, 2.45) is 5.41 Å². The van der Waals surface area contributed by atoms with E-state index in [4.69, 9.17) is 0 Å². The number of rotatable bonds is 7. The van der Waals surface area contributed by atoms with Crippen LogP contribution in [0.3, 0.4) is 0 Å². The van der Waals surface area contributed by atoms with Crippen molar-refractivity contribution >= 4 is 5.91 Å². The molecular weight excluding hydrogens is 260 g/mol. The monoisotopic (exact) mass is 288 g/mol. The van der Waals surface area contributed by atoms with E-state index in [0.717, 1.165) is 45.2 Å². The van der Waals surface area contributed by atoms with E-state index in [1.54, 1.807) is 0 Å². The Kier molecular flexibility index (Phi) is 5.80. The predicted octanol–water partition coefficient (Wildman–Crippen LogP) is 2.90. The van der Waals surface area contributed by atoms with E-state index in [-0.39, 0.29) is 17.4 Å². The normalized spacial score (nSPS) is 18.7. The Labute approximate surface area is 128 Å². The summed E-state index contributed by atoms with van der Waals surface area (Å²) in [4.78, 5) is 12.0. The van der Waals surface area contributed by atoms with Crippen molar-refractivity contribution in [3.8, 4) is 0 Å². The second kappa shape index (κ2) is 7.60. The van der Waals surface area contributed by atoms with Gasteiger partial charge in [0.15, 0.2) is 0 Å². The average molecular weight is 288 g/mol. The van der Waals surface area contributed by atoms with Gasteiger partial charge in [0.1, 0.15) is 0 Å².